The fourth-order valence-corrected chi connectivity index (χ4v) is 1.74. The summed E-state index contributed by atoms with van der Waals surface area (Å²) in [6.45, 7) is 1.79. The summed E-state index contributed by atoms with van der Waals surface area (Å²) in [7, 11) is 0. The molecule has 19 heavy (non-hydrogen) atoms. The van der Waals surface area contributed by atoms with Crippen LogP contribution in [0, 0.1) is 5.92 Å². The molecule has 1 atom stereocenters. The number of benzene rings is 1. The Hall–Kier alpha value is -0.750. The SMILES string of the molecule is CC(CCOc1ccc(Br)cc1)CNCC(F)(F)F. The van der Waals surface area contributed by atoms with Crippen LogP contribution in [0.2, 0.25) is 0 Å². The highest BCUT2D eigenvalue weighted by atomic mass is 79.9. The van der Waals surface area contributed by atoms with E-state index in [0.29, 0.717) is 19.6 Å². The lowest BCUT2D eigenvalue weighted by atomic mass is 10.1. The van der Waals surface area contributed by atoms with Crippen LogP contribution < -0.4 is 10.1 Å². The molecule has 108 valence electrons. The Morgan fingerprint density at radius 3 is 2.47 bits per heavy atom. The maximum absolute atomic E-state index is 11.9. The van der Waals surface area contributed by atoms with Gasteiger partial charge in [0.25, 0.3) is 0 Å². The van der Waals surface area contributed by atoms with E-state index in [2.05, 4.69) is 21.2 Å². The average Bonchev–Trinajstić information content (AvgIpc) is 2.30. The van der Waals surface area contributed by atoms with Gasteiger partial charge in [0.2, 0.25) is 0 Å². The quantitative estimate of drug-likeness (QED) is 0.810. The molecule has 2 nitrogen and oxygen atoms in total. The normalized spacial score (nSPS) is 13.3. The van der Waals surface area contributed by atoms with Crippen molar-refractivity contribution in [3.8, 4) is 5.75 Å². The number of ether oxygens (including phenoxy) is 1. The van der Waals surface area contributed by atoms with Gasteiger partial charge < -0.3 is 10.1 Å². The summed E-state index contributed by atoms with van der Waals surface area (Å²) in [5, 5.41) is 2.39. The first-order chi connectivity index (χ1) is 8.87. The molecule has 0 heterocycles. The van der Waals surface area contributed by atoms with Crippen molar-refractivity contribution in [1.29, 1.82) is 0 Å². The minimum atomic E-state index is -4.15. The zero-order chi connectivity index (χ0) is 14.3. The molecule has 0 aliphatic rings. The molecule has 0 fully saturated rings. The molecule has 1 aromatic rings. The van der Waals surface area contributed by atoms with Crippen LogP contribution >= 0.6 is 15.9 Å². The van der Waals surface area contributed by atoms with Crippen molar-refractivity contribution >= 4 is 15.9 Å². The molecule has 1 N–H and O–H groups in total. The Morgan fingerprint density at radius 1 is 1.26 bits per heavy atom. The van der Waals surface area contributed by atoms with E-state index < -0.39 is 12.7 Å². The highest BCUT2D eigenvalue weighted by Gasteiger charge is 2.26. The number of rotatable bonds is 7. The van der Waals surface area contributed by atoms with E-state index in [1.54, 1.807) is 0 Å². The Balaban J connectivity index is 2.13. The average molecular weight is 340 g/mol. The third-order valence-corrected chi connectivity index (χ3v) is 3.04. The molecule has 0 aliphatic carbocycles. The van der Waals surface area contributed by atoms with Crippen LogP contribution in [0.5, 0.6) is 5.75 Å². The smallest absolute Gasteiger partial charge is 0.401 e. The maximum Gasteiger partial charge on any atom is 0.401 e. The Kier molecular flexibility index (Phi) is 6.65. The van der Waals surface area contributed by atoms with Crippen molar-refractivity contribution in [1.82, 2.24) is 5.32 Å². The van der Waals surface area contributed by atoms with Gasteiger partial charge in [-0.15, -0.1) is 0 Å². The minimum Gasteiger partial charge on any atom is -0.494 e. The van der Waals surface area contributed by atoms with Crippen LogP contribution in [0.3, 0.4) is 0 Å². The monoisotopic (exact) mass is 339 g/mol. The van der Waals surface area contributed by atoms with E-state index in [1.807, 2.05) is 31.2 Å². The van der Waals surface area contributed by atoms with E-state index >= 15 is 0 Å². The summed E-state index contributed by atoms with van der Waals surface area (Å²) in [6.07, 6.45) is -3.44. The third kappa shape index (κ3) is 8.10. The molecular weight excluding hydrogens is 323 g/mol. The Morgan fingerprint density at radius 2 is 1.89 bits per heavy atom. The van der Waals surface area contributed by atoms with Gasteiger partial charge in [-0.2, -0.15) is 13.2 Å². The highest BCUT2D eigenvalue weighted by Crippen LogP contribution is 2.17. The molecular formula is C13H17BrF3NO. The van der Waals surface area contributed by atoms with Crippen LogP contribution in [0.1, 0.15) is 13.3 Å². The maximum atomic E-state index is 11.9. The first kappa shape index (κ1) is 16.3. The van der Waals surface area contributed by atoms with Crippen LogP contribution in [-0.4, -0.2) is 25.9 Å². The van der Waals surface area contributed by atoms with Crippen LogP contribution in [-0.2, 0) is 0 Å². The van der Waals surface area contributed by atoms with Gasteiger partial charge in [0.1, 0.15) is 5.75 Å². The highest BCUT2D eigenvalue weighted by molar-refractivity contribution is 9.10. The standard InChI is InChI=1S/C13H17BrF3NO/c1-10(8-18-9-13(15,16)17)6-7-19-12-4-2-11(14)3-5-12/h2-5,10,18H,6-9H2,1H3. The largest absolute Gasteiger partial charge is 0.494 e. The van der Waals surface area contributed by atoms with Gasteiger partial charge in [0.15, 0.2) is 0 Å². The molecule has 0 radical (unpaired) electrons. The first-order valence-electron chi connectivity index (χ1n) is 6.02. The van der Waals surface area contributed by atoms with Gasteiger partial charge >= 0.3 is 6.18 Å². The van der Waals surface area contributed by atoms with Crippen molar-refractivity contribution in [2.45, 2.75) is 19.5 Å². The van der Waals surface area contributed by atoms with Crippen LogP contribution in [0.15, 0.2) is 28.7 Å². The second-order valence-corrected chi connectivity index (χ2v) is 5.36. The van der Waals surface area contributed by atoms with Gasteiger partial charge in [0.05, 0.1) is 13.2 Å². The Labute approximate surface area is 119 Å². The molecule has 0 saturated heterocycles. The number of hydrogen-bond donors (Lipinski definition) is 1. The molecule has 0 bridgehead atoms. The van der Waals surface area contributed by atoms with E-state index in [1.165, 1.54) is 0 Å². The van der Waals surface area contributed by atoms with E-state index in [4.69, 9.17) is 4.74 Å². The summed E-state index contributed by atoms with van der Waals surface area (Å²) in [5.41, 5.74) is 0. The summed E-state index contributed by atoms with van der Waals surface area (Å²) < 4.78 is 42.2. The van der Waals surface area contributed by atoms with Crippen LogP contribution in [0.25, 0.3) is 0 Å². The van der Waals surface area contributed by atoms with Gasteiger partial charge in [-0.3, -0.25) is 0 Å². The predicted octanol–water partition coefficient (Wildman–Crippen LogP) is 4.01. The van der Waals surface area contributed by atoms with Crippen LogP contribution in [0.4, 0.5) is 13.2 Å². The molecule has 0 aromatic heterocycles. The first-order valence-corrected chi connectivity index (χ1v) is 6.82. The molecule has 1 aromatic carbocycles. The van der Waals surface area contributed by atoms with Crippen molar-refractivity contribution in [2.75, 3.05) is 19.7 Å². The van der Waals surface area contributed by atoms with Gasteiger partial charge in [-0.25, -0.2) is 0 Å². The lowest BCUT2D eigenvalue weighted by molar-refractivity contribution is -0.125. The van der Waals surface area contributed by atoms with Crippen molar-refractivity contribution in [2.24, 2.45) is 5.92 Å². The summed E-state index contributed by atoms with van der Waals surface area (Å²) >= 11 is 3.33. The second kappa shape index (κ2) is 7.75. The van der Waals surface area contributed by atoms with Gasteiger partial charge in [-0.1, -0.05) is 22.9 Å². The van der Waals surface area contributed by atoms with Crippen molar-refractivity contribution in [3.05, 3.63) is 28.7 Å². The molecule has 1 unspecified atom stereocenters. The van der Waals surface area contributed by atoms with Gasteiger partial charge in [0, 0.05) is 4.47 Å². The fourth-order valence-electron chi connectivity index (χ4n) is 1.47. The lowest BCUT2D eigenvalue weighted by Crippen LogP contribution is -2.32. The Bertz CT molecular complexity index is 367. The predicted molar refractivity (Wildman–Crippen MR) is 72.3 cm³/mol. The summed E-state index contributed by atoms with van der Waals surface area (Å²) in [6, 6.07) is 7.45. The zero-order valence-electron chi connectivity index (χ0n) is 10.6. The number of alkyl halides is 3. The van der Waals surface area contributed by atoms with Crippen molar-refractivity contribution < 1.29 is 17.9 Å². The number of nitrogens with one attached hydrogen (secondary N) is 1. The molecule has 6 heteroatoms. The number of hydrogen-bond acceptors (Lipinski definition) is 2. The summed E-state index contributed by atoms with van der Waals surface area (Å²) in [4.78, 5) is 0. The zero-order valence-corrected chi connectivity index (χ0v) is 12.2. The molecule has 0 spiro atoms. The topological polar surface area (TPSA) is 21.3 Å². The number of halogens is 4. The lowest BCUT2D eigenvalue weighted by Gasteiger charge is -2.14. The summed E-state index contributed by atoms with van der Waals surface area (Å²) in [5.74, 6) is 0.899. The van der Waals surface area contributed by atoms with E-state index in [0.717, 1.165) is 10.2 Å². The molecule has 0 aliphatic heterocycles. The fraction of sp³-hybridized carbons (Fsp3) is 0.538. The minimum absolute atomic E-state index is 0.137. The second-order valence-electron chi connectivity index (χ2n) is 4.44. The van der Waals surface area contributed by atoms with E-state index in [9.17, 15) is 13.2 Å². The molecule has 0 amide bonds. The third-order valence-electron chi connectivity index (χ3n) is 2.51. The molecule has 1 rings (SSSR count). The molecule has 0 saturated carbocycles. The van der Waals surface area contributed by atoms with Crippen molar-refractivity contribution in [3.63, 3.8) is 0 Å². The van der Waals surface area contributed by atoms with E-state index in [-0.39, 0.29) is 5.92 Å². The van der Waals surface area contributed by atoms with Gasteiger partial charge in [-0.05, 0) is 43.1 Å².